The Morgan fingerprint density at radius 2 is 1.56 bits per heavy atom. The lowest BCUT2D eigenvalue weighted by Crippen LogP contribution is -2.56. The Balaban J connectivity index is 1.69. The van der Waals surface area contributed by atoms with Crippen molar-refractivity contribution in [2.75, 3.05) is 13.1 Å². The molecule has 2 atom stereocenters. The van der Waals surface area contributed by atoms with Crippen molar-refractivity contribution in [3.05, 3.63) is 34.3 Å². The third kappa shape index (κ3) is 8.74. The molecule has 41 heavy (non-hydrogen) atoms. The lowest BCUT2D eigenvalue weighted by Gasteiger charge is -2.36. The molecule has 2 aliphatic heterocycles. The summed E-state index contributed by atoms with van der Waals surface area (Å²) in [7, 11) is 0. The molecular weight excluding hydrogens is 548 g/mol. The van der Waals surface area contributed by atoms with Crippen LogP contribution >= 0.6 is 11.6 Å². The van der Waals surface area contributed by atoms with Gasteiger partial charge in [-0.2, -0.15) is 0 Å². The molecule has 2 heterocycles. The Labute approximate surface area is 248 Å². The Hall–Kier alpha value is -3.01. The standard InChI is InChI=1S/C30H45ClN4O6/c1-28(2,3)40-26(38)33-17-19-11-12-21(31)16-20(19)18-32-24(36)22-10-9-14-34(22)25(37)23-30(7,8)13-15-35(23)27(39)41-29(4,5)6/h11-12,16,22-23H,9-10,13-15,17-18H2,1-8H3,(H,32,36)(H,33,38)/t22-,23+/m0/s1. The molecule has 2 aliphatic rings. The summed E-state index contributed by atoms with van der Waals surface area (Å²) in [5.41, 5.74) is -0.251. The molecule has 0 spiro atoms. The van der Waals surface area contributed by atoms with Crippen molar-refractivity contribution >= 4 is 35.6 Å². The number of amides is 4. The quantitative estimate of drug-likeness (QED) is 0.480. The van der Waals surface area contributed by atoms with Crippen LogP contribution in [0.5, 0.6) is 0 Å². The second kappa shape index (κ2) is 12.5. The SMILES string of the molecule is CC(C)(C)OC(=O)NCc1ccc(Cl)cc1CNC(=O)[C@@H]1CCCN1C(=O)[C@H]1N(C(=O)OC(C)(C)C)CCC1(C)C. The first-order valence-corrected chi connectivity index (χ1v) is 14.6. The van der Waals surface area contributed by atoms with Crippen molar-refractivity contribution in [2.45, 2.75) is 111 Å². The van der Waals surface area contributed by atoms with E-state index in [0.717, 1.165) is 11.1 Å². The van der Waals surface area contributed by atoms with E-state index in [-0.39, 0.29) is 24.9 Å². The molecule has 0 radical (unpaired) electrons. The van der Waals surface area contributed by atoms with Crippen LogP contribution in [0.2, 0.25) is 5.02 Å². The van der Waals surface area contributed by atoms with Crippen LogP contribution < -0.4 is 10.6 Å². The van der Waals surface area contributed by atoms with Crippen molar-refractivity contribution in [2.24, 2.45) is 5.41 Å². The first-order valence-electron chi connectivity index (χ1n) is 14.2. The second-order valence-electron chi connectivity index (χ2n) is 13.5. The van der Waals surface area contributed by atoms with E-state index < -0.39 is 40.9 Å². The second-order valence-corrected chi connectivity index (χ2v) is 13.9. The highest BCUT2D eigenvalue weighted by atomic mass is 35.5. The van der Waals surface area contributed by atoms with Gasteiger partial charge < -0.3 is 25.0 Å². The minimum atomic E-state index is -0.718. The van der Waals surface area contributed by atoms with Gasteiger partial charge in [0.1, 0.15) is 23.3 Å². The zero-order valence-electron chi connectivity index (χ0n) is 25.6. The molecule has 11 heteroatoms. The van der Waals surface area contributed by atoms with Crippen molar-refractivity contribution in [1.82, 2.24) is 20.4 Å². The third-order valence-electron chi connectivity index (χ3n) is 7.19. The number of nitrogens with zero attached hydrogens (tertiary/aromatic N) is 2. The minimum Gasteiger partial charge on any atom is -0.444 e. The zero-order valence-corrected chi connectivity index (χ0v) is 26.3. The van der Waals surface area contributed by atoms with E-state index in [1.807, 2.05) is 13.8 Å². The van der Waals surface area contributed by atoms with Crippen LogP contribution in [-0.2, 0) is 32.2 Å². The maximum absolute atomic E-state index is 13.9. The molecule has 2 saturated heterocycles. The van der Waals surface area contributed by atoms with Crippen LogP contribution in [0.15, 0.2) is 18.2 Å². The van der Waals surface area contributed by atoms with Crippen LogP contribution in [0, 0.1) is 5.41 Å². The first-order chi connectivity index (χ1) is 18.9. The number of carbonyl (C=O) groups excluding carboxylic acids is 4. The number of benzene rings is 1. The number of alkyl carbamates (subject to hydrolysis) is 1. The first kappa shape index (κ1) is 32.5. The van der Waals surface area contributed by atoms with E-state index in [2.05, 4.69) is 10.6 Å². The summed E-state index contributed by atoms with van der Waals surface area (Å²) in [5.74, 6) is -0.512. The Kier molecular flexibility index (Phi) is 9.88. The number of hydrogen-bond donors (Lipinski definition) is 2. The predicted molar refractivity (Wildman–Crippen MR) is 156 cm³/mol. The fourth-order valence-corrected chi connectivity index (χ4v) is 5.45. The van der Waals surface area contributed by atoms with E-state index in [9.17, 15) is 19.2 Å². The molecule has 0 saturated carbocycles. The van der Waals surface area contributed by atoms with Gasteiger partial charge in [0, 0.05) is 31.2 Å². The molecule has 2 fully saturated rings. The Morgan fingerprint density at radius 3 is 2.20 bits per heavy atom. The highest BCUT2D eigenvalue weighted by Crippen LogP contribution is 2.39. The highest BCUT2D eigenvalue weighted by Gasteiger charge is 2.51. The van der Waals surface area contributed by atoms with Crippen LogP contribution in [-0.4, -0.2) is 70.2 Å². The minimum absolute atomic E-state index is 0.169. The molecule has 0 bridgehead atoms. The zero-order chi connectivity index (χ0) is 30.8. The molecule has 0 aromatic heterocycles. The average Bonchev–Trinajstić information content (AvgIpc) is 3.43. The Bertz CT molecular complexity index is 1160. The van der Waals surface area contributed by atoms with Crippen LogP contribution in [0.25, 0.3) is 0 Å². The van der Waals surface area contributed by atoms with Gasteiger partial charge in [0.25, 0.3) is 0 Å². The molecule has 0 aliphatic carbocycles. The number of likely N-dealkylation sites (tertiary alicyclic amines) is 2. The van der Waals surface area contributed by atoms with E-state index in [1.165, 1.54) is 4.90 Å². The maximum atomic E-state index is 13.9. The summed E-state index contributed by atoms with van der Waals surface area (Å²) >= 11 is 6.23. The lowest BCUT2D eigenvalue weighted by molar-refractivity contribution is -0.144. The summed E-state index contributed by atoms with van der Waals surface area (Å²) in [6.45, 7) is 15.9. The molecular formula is C30H45ClN4O6. The van der Waals surface area contributed by atoms with Gasteiger partial charge in [0.05, 0.1) is 0 Å². The highest BCUT2D eigenvalue weighted by molar-refractivity contribution is 6.30. The third-order valence-corrected chi connectivity index (χ3v) is 7.43. The molecule has 3 rings (SSSR count). The predicted octanol–water partition coefficient (Wildman–Crippen LogP) is 5.01. The number of ether oxygens (including phenoxy) is 2. The van der Waals surface area contributed by atoms with Gasteiger partial charge in [-0.05, 0) is 89.5 Å². The smallest absolute Gasteiger partial charge is 0.410 e. The van der Waals surface area contributed by atoms with Crippen LogP contribution in [0.4, 0.5) is 9.59 Å². The van der Waals surface area contributed by atoms with Gasteiger partial charge in [-0.25, -0.2) is 9.59 Å². The van der Waals surface area contributed by atoms with Gasteiger partial charge >= 0.3 is 12.2 Å². The van der Waals surface area contributed by atoms with Gasteiger partial charge in [-0.1, -0.05) is 31.5 Å². The molecule has 4 amide bonds. The summed E-state index contributed by atoms with van der Waals surface area (Å²) in [5, 5.41) is 6.19. The molecule has 0 unspecified atom stereocenters. The molecule has 1 aromatic rings. The molecule has 1 aromatic carbocycles. The molecule has 2 N–H and O–H groups in total. The normalized spacial score (nSPS) is 20.5. The van der Waals surface area contributed by atoms with Crippen LogP contribution in [0.3, 0.4) is 0 Å². The topological polar surface area (TPSA) is 117 Å². The summed E-state index contributed by atoms with van der Waals surface area (Å²) < 4.78 is 10.9. The van der Waals surface area contributed by atoms with Crippen molar-refractivity contribution in [3.8, 4) is 0 Å². The van der Waals surface area contributed by atoms with E-state index in [0.29, 0.717) is 37.4 Å². The number of hydrogen-bond acceptors (Lipinski definition) is 6. The van der Waals surface area contributed by atoms with E-state index in [4.69, 9.17) is 21.1 Å². The Morgan fingerprint density at radius 1 is 0.927 bits per heavy atom. The number of rotatable bonds is 6. The average molecular weight is 593 g/mol. The monoisotopic (exact) mass is 592 g/mol. The number of nitrogens with one attached hydrogen (secondary N) is 2. The van der Waals surface area contributed by atoms with Crippen molar-refractivity contribution in [3.63, 3.8) is 0 Å². The van der Waals surface area contributed by atoms with E-state index >= 15 is 0 Å². The lowest BCUT2D eigenvalue weighted by atomic mass is 9.84. The summed E-state index contributed by atoms with van der Waals surface area (Å²) in [6.07, 6.45) is 0.807. The summed E-state index contributed by atoms with van der Waals surface area (Å²) in [4.78, 5) is 55.5. The fraction of sp³-hybridized carbons (Fsp3) is 0.667. The number of halogens is 1. The largest absolute Gasteiger partial charge is 0.444 e. The molecule has 10 nitrogen and oxygen atoms in total. The number of carbonyl (C=O) groups is 4. The van der Waals surface area contributed by atoms with Gasteiger partial charge in [-0.15, -0.1) is 0 Å². The van der Waals surface area contributed by atoms with Crippen molar-refractivity contribution < 1.29 is 28.7 Å². The maximum Gasteiger partial charge on any atom is 0.410 e. The molecule has 228 valence electrons. The van der Waals surface area contributed by atoms with Gasteiger partial charge in [-0.3, -0.25) is 14.5 Å². The summed E-state index contributed by atoms with van der Waals surface area (Å²) in [6, 6.07) is 3.88. The van der Waals surface area contributed by atoms with Crippen molar-refractivity contribution in [1.29, 1.82) is 0 Å². The van der Waals surface area contributed by atoms with Gasteiger partial charge in [0.2, 0.25) is 11.8 Å². The van der Waals surface area contributed by atoms with Gasteiger partial charge in [0.15, 0.2) is 0 Å². The van der Waals surface area contributed by atoms with Crippen LogP contribution in [0.1, 0.15) is 85.8 Å². The fourth-order valence-electron chi connectivity index (χ4n) is 5.25. The van der Waals surface area contributed by atoms with E-state index in [1.54, 1.807) is 64.6 Å².